The molecular formula is C42H75NO9P+. The molecule has 53 heavy (non-hydrogen) atoms. The summed E-state index contributed by atoms with van der Waals surface area (Å²) in [6.45, 7) is 4.11. The van der Waals surface area contributed by atoms with Crippen molar-refractivity contribution in [2.24, 2.45) is 0 Å². The van der Waals surface area contributed by atoms with Crippen LogP contribution < -0.4 is 0 Å². The molecule has 1 unspecified atom stereocenters. The van der Waals surface area contributed by atoms with Gasteiger partial charge in [-0.25, -0.2) is 4.57 Å². The zero-order valence-electron chi connectivity index (χ0n) is 33.8. The predicted octanol–water partition coefficient (Wildman–Crippen LogP) is 9.87. The fourth-order valence-electron chi connectivity index (χ4n) is 4.83. The van der Waals surface area contributed by atoms with Gasteiger partial charge < -0.3 is 24.0 Å². The highest BCUT2D eigenvalue weighted by atomic mass is 31.2. The van der Waals surface area contributed by atoms with Crippen molar-refractivity contribution in [2.45, 2.75) is 148 Å². The van der Waals surface area contributed by atoms with Gasteiger partial charge in [0.1, 0.15) is 19.8 Å². The second-order valence-electron chi connectivity index (χ2n) is 14.5. The van der Waals surface area contributed by atoms with Crippen molar-refractivity contribution in [1.29, 1.82) is 0 Å². The molecule has 3 atom stereocenters. The summed E-state index contributed by atoms with van der Waals surface area (Å²) in [6.07, 6.45) is 36.1. The van der Waals surface area contributed by atoms with Crippen LogP contribution in [0.15, 0.2) is 60.8 Å². The number of nitrogens with zero attached hydrogens (tertiary/aromatic N) is 1. The molecule has 306 valence electrons. The van der Waals surface area contributed by atoms with Crippen molar-refractivity contribution in [1.82, 2.24) is 0 Å². The number of esters is 2. The Morgan fingerprint density at radius 1 is 0.660 bits per heavy atom. The van der Waals surface area contributed by atoms with Gasteiger partial charge in [-0.2, -0.15) is 0 Å². The molecule has 0 aliphatic heterocycles. The number of hydrogen-bond acceptors (Lipinski definition) is 8. The van der Waals surface area contributed by atoms with Crippen molar-refractivity contribution < 1.29 is 47.2 Å². The third kappa shape index (κ3) is 37.8. The molecule has 0 aromatic carbocycles. The quantitative estimate of drug-likeness (QED) is 0.0213. The summed E-state index contributed by atoms with van der Waals surface area (Å²) in [5.74, 6) is -0.906. The van der Waals surface area contributed by atoms with Crippen molar-refractivity contribution >= 4 is 19.8 Å². The Morgan fingerprint density at radius 2 is 1.21 bits per heavy atom. The van der Waals surface area contributed by atoms with Crippen LogP contribution in [0.2, 0.25) is 0 Å². The molecule has 0 aromatic heterocycles. The van der Waals surface area contributed by atoms with Crippen molar-refractivity contribution in [3.05, 3.63) is 60.8 Å². The first-order valence-corrected chi connectivity index (χ1v) is 21.6. The number of aliphatic hydroxyl groups is 1. The molecular weight excluding hydrogens is 693 g/mol. The fourth-order valence-corrected chi connectivity index (χ4v) is 5.57. The summed E-state index contributed by atoms with van der Waals surface area (Å²) in [5, 5.41) is 9.81. The summed E-state index contributed by atoms with van der Waals surface area (Å²) in [4.78, 5) is 35.2. The number of unbranched alkanes of at least 4 members (excludes halogenated alkanes) is 9. The minimum absolute atomic E-state index is 0.0102. The van der Waals surface area contributed by atoms with E-state index >= 15 is 0 Å². The molecule has 0 aliphatic rings. The van der Waals surface area contributed by atoms with Crippen LogP contribution in [0.3, 0.4) is 0 Å². The number of aliphatic hydroxyl groups excluding tert-OH is 1. The van der Waals surface area contributed by atoms with Crippen LogP contribution in [-0.4, -0.2) is 86.1 Å². The number of hydrogen-bond donors (Lipinski definition) is 2. The minimum Gasteiger partial charge on any atom is -0.462 e. The lowest BCUT2D eigenvalue weighted by Gasteiger charge is -2.24. The van der Waals surface area contributed by atoms with E-state index in [9.17, 15) is 24.2 Å². The number of quaternary nitrogens is 1. The second-order valence-corrected chi connectivity index (χ2v) is 15.9. The highest BCUT2D eigenvalue weighted by Gasteiger charge is 2.27. The Morgan fingerprint density at radius 3 is 1.87 bits per heavy atom. The molecule has 0 radical (unpaired) electrons. The first kappa shape index (κ1) is 50.7. The van der Waals surface area contributed by atoms with Gasteiger partial charge in [0.05, 0.1) is 33.9 Å². The maximum atomic E-state index is 12.6. The van der Waals surface area contributed by atoms with E-state index in [1.54, 1.807) is 0 Å². The van der Waals surface area contributed by atoms with Gasteiger partial charge in [-0.3, -0.25) is 18.6 Å². The van der Waals surface area contributed by atoms with Crippen molar-refractivity contribution in [3.63, 3.8) is 0 Å². The Bertz CT molecular complexity index is 1110. The van der Waals surface area contributed by atoms with Gasteiger partial charge in [0.25, 0.3) is 0 Å². The van der Waals surface area contributed by atoms with Crippen LogP contribution in [0.5, 0.6) is 0 Å². The van der Waals surface area contributed by atoms with Gasteiger partial charge in [-0.05, 0) is 64.2 Å². The molecule has 0 rings (SSSR count). The normalized spacial score (nSPS) is 14.9. The Hall–Kier alpha value is -2.33. The molecule has 0 fully saturated rings. The zero-order chi connectivity index (χ0) is 39.5. The summed E-state index contributed by atoms with van der Waals surface area (Å²) >= 11 is 0. The largest absolute Gasteiger partial charge is 0.472 e. The van der Waals surface area contributed by atoms with Gasteiger partial charge in [0, 0.05) is 12.8 Å². The Kier molecular flexibility index (Phi) is 32.7. The van der Waals surface area contributed by atoms with E-state index in [0.29, 0.717) is 30.3 Å². The van der Waals surface area contributed by atoms with Crippen LogP contribution in [0.25, 0.3) is 0 Å². The van der Waals surface area contributed by atoms with Crippen LogP contribution >= 0.6 is 7.82 Å². The number of phosphoric acid groups is 1. The first-order chi connectivity index (χ1) is 25.4. The summed E-state index contributed by atoms with van der Waals surface area (Å²) in [6, 6.07) is 0. The number of phosphoric ester groups is 1. The average molecular weight is 769 g/mol. The Balaban J connectivity index is 4.57. The number of likely N-dealkylation sites (N-methyl/N-ethyl adjacent to an activating group) is 1. The number of carbonyl (C=O) groups excluding carboxylic acids is 2. The van der Waals surface area contributed by atoms with Crippen LogP contribution in [-0.2, 0) is 32.7 Å². The zero-order valence-corrected chi connectivity index (χ0v) is 34.7. The Labute approximate surface area is 322 Å². The van der Waals surface area contributed by atoms with E-state index in [-0.39, 0.29) is 32.2 Å². The summed E-state index contributed by atoms with van der Waals surface area (Å²) in [5.41, 5.74) is 0. The monoisotopic (exact) mass is 769 g/mol. The number of rotatable bonds is 35. The molecule has 0 amide bonds. The maximum Gasteiger partial charge on any atom is 0.472 e. The van der Waals surface area contributed by atoms with Crippen LogP contribution in [0.1, 0.15) is 136 Å². The third-order valence-electron chi connectivity index (χ3n) is 8.09. The topological polar surface area (TPSA) is 129 Å². The smallest absolute Gasteiger partial charge is 0.462 e. The van der Waals surface area contributed by atoms with Gasteiger partial charge in [0.2, 0.25) is 0 Å². The van der Waals surface area contributed by atoms with Crippen LogP contribution in [0.4, 0.5) is 0 Å². The van der Waals surface area contributed by atoms with E-state index in [1.807, 2.05) is 45.4 Å². The van der Waals surface area contributed by atoms with Gasteiger partial charge in [0.15, 0.2) is 6.10 Å². The number of carbonyl (C=O) groups is 2. The molecule has 0 saturated heterocycles. The van der Waals surface area contributed by atoms with Crippen LogP contribution in [0, 0.1) is 0 Å². The van der Waals surface area contributed by atoms with Gasteiger partial charge in [-0.1, -0.05) is 120 Å². The van der Waals surface area contributed by atoms with E-state index < -0.39 is 32.5 Å². The minimum atomic E-state index is -4.40. The maximum absolute atomic E-state index is 12.6. The van der Waals surface area contributed by atoms with Crippen molar-refractivity contribution in [3.8, 4) is 0 Å². The molecule has 0 bridgehead atoms. The summed E-state index contributed by atoms with van der Waals surface area (Å²) < 4.78 is 34.1. The van der Waals surface area contributed by atoms with Crippen molar-refractivity contribution in [2.75, 3.05) is 47.5 Å². The molecule has 0 saturated carbocycles. The number of allylic oxidation sites excluding steroid dienone is 9. The summed E-state index contributed by atoms with van der Waals surface area (Å²) in [7, 11) is 1.40. The fraction of sp³-hybridized carbons (Fsp3) is 0.714. The third-order valence-corrected chi connectivity index (χ3v) is 9.08. The average Bonchev–Trinajstić information content (AvgIpc) is 3.10. The van der Waals surface area contributed by atoms with E-state index in [4.69, 9.17) is 18.5 Å². The lowest BCUT2D eigenvalue weighted by molar-refractivity contribution is -0.870. The second kappa shape index (κ2) is 34.2. The van der Waals surface area contributed by atoms with E-state index in [1.165, 1.54) is 12.8 Å². The molecule has 11 heteroatoms. The highest BCUT2D eigenvalue weighted by Crippen LogP contribution is 2.43. The highest BCUT2D eigenvalue weighted by molar-refractivity contribution is 7.47. The lowest BCUT2D eigenvalue weighted by Crippen LogP contribution is -2.37. The van der Waals surface area contributed by atoms with Gasteiger partial charge in [-0.15, -0.1) is 0 Å². The molecule has 10 nitrogen and oxygen atoms in total. The SMILES string of the molecule is CCCC/C=C\CCCCCCCC(=O)OC[C@H](COP(=O)(O)OCC[N+](C)(C)C)OC(=O)CCC/C=C\C/C=C\C/C=C\C/C=C\[C@H](O)CCCC. The molecule has 0 heterocycles. The lowest BCUT2D eigenvalue weighted by atomic mass is 10.1. The molecule has 0 spiro atoms. The van der Waals surface area contributed by atoms with Gasteiger partial charge >= 0.3 is 19.8 Å². The molecule has 0 aliphatic carbocycles. The predicted molar refractivity (Wildman–Crippen MR) is 216 cm³/mol. The molecule has 2 N–H and O–H groups in total. The van der Waals surface area contributed by atoms with E-state index in [0.717, 1.165) is 77.0 Å². The standard InChI is InChI=1S/C42H74NO9P/c1-6-8-10-11-12-13-16-20-23-26-29-33-41(45)49-37-40(38-51-53(47,48)50-36-35-43(3,4)5)52-42(46)34-30-27-24-21-18-15-14-17-19-22-25-28-32-39(44)31-9-7-2/h11-12,14-15,19,21-22,24,28,32,39-40,44H,6-10,13,16-18,20,23,25-27,29-31,33-38H2,1-5H3/p+1/b12-11-,15-14-,22-19-,24-21-,32-28-/t39-,40-/m1/s1. The molecule has 0 aromatic rings. The first-order valence-electron chi connectivity index (χ1n) is 20.1. The van der Waals surface area contributed by atoms with E-state index in [2.05, 4.69) is 50.3 Å². The number of ether oxygens (including phenoxy) is 2.